The maximum Gasteiger partial charge on any atom is 0.512 e. The van der Waals surface area contributed by atoms with E-state index < -0.39 is 7.91 Å². The first kappa shape index (κ1) is 12.2. The number of rotatable bonds is 6. The molecule has 0 heterocycles. The van der Waals surface area contributed by atoms with E-state index in [0.29, 0.717) is 0 Å². The molecule has 0 aliphatic heterocycles. The Morgan fingerprint density at radius 1 is 1.43 bits per heavy atom. The van der Waals surface area contributed by atoms with Crippen LogP contribution >= 0.6 is 7.91 Å². The third-order valence-corrected chi connectivity index (χ3v) is 3.62. The van der Waals surface area contributed by atoms with Crippen LogP contribution < -0.4 is 0 Å². The van der Waals surface area contributed by atoms with E-state index in [1.165, 1.54) is 25.7 Å². The summed E-state index contributed by atoms with van der Waals surface area (Å²) in [5, 5.41) is 0. The van der Waals surface area contributed by atoms with Crippen LogP contribution in [0.3, 0.4) is 0 Å². The van der Waals surface area contributed by atoms with E-state index in [9.17, 15) is 8.76 Å². The first-order valence-electron chi connectivity index (χ1n) is 5.14. The number of halogens is 1. The molecule has 0 aromatic heterocycles. The van der Waals surface area contributed by atoms with Gasteiger partial charge in [0.2, 0.25) is 0 Å². The van der Waals surface area contributed by atoms with Crippen molar-refractivity contribution < 1.29 is 17.8 Å². The molecule has 1 fully saturated rings. The van der Waals surface area contributed by atoms with Crippen molar-refractivity contribution in [1.82, 2.24) is 0 Å². The number of hydrogen-bond donors (Lipinski definition) is 0. The fourth-order valence-electron chi connectivity index (χ4n) is 1.90. The highest BCUT2D eigenvalue weighted by atomic mass is 31.2. The van der Waals surface area contributed by atoms with Crippen LogP contribution in [0, 0.1) is 5.92 Å². The lowest BCUT2D eigenvalue weighted by molar-refractivity contribution is 0.194. The van der Waals surface area contributed by atoms with Gasteiger partial charge in [0.05, 0.1) is 6.61 Å². The molecule has 5 heteroatoms. The maximum absolute atomic E-state index is 12.6. The summed E-state index contributed by atoms with van der Waals surface area (Å²) in [4.78, 5) is 0. The molecular formula is C9H18FO3P. The Kier molecular flexibility index (Phi) is 5.07. The summed E-state index contributed by atoms with van der Waals surface area (Å²) in [6.45, 7) is 0.193. The van der Waals surface area contributed by atoms with Gasteiger partial charge in [-0.1, -0.05) is 25.7 Å². The zero-order chi connectivity index (χ0) is 10.4. The van der Waals surface area contributed by atoms with Gasteiger partial charge >= 0.3 is 7.91 Å². The van der Waals surface area contributed by atoms with Gasteiger partial charge in [0.25, 0.3) is 0 Å². The summed E-state index contributed by atoms with van der Waals surface area (Å²) in [6.07, 6.45) is 6.98. The number of hydrogen-bond acceptors (Lipinski definition) is 3. The van der Waals surface area contributed by atoms with Crippen LogP contribution in [0.5, 0.6) is 0 Å². The van der Waals surface area contributed by atoms with Crippen LogP contribution in [-0.4, -0.2) is 13.7 Å². The minimum absolute atomic E-state index is 0.193. The van der Waals surface area contributed by atoms with Gasteiger partial charge in [-0.3, -0.25) is 9.05 Å². The molecule has 0 saturated heterocycles. The molecule has 0 N–H and O–H groups in total. The third kappa shape index (κ3) is 4.54. The first-order chi connectivity index (χ1) is 6.64. The van der Waals surface area contributed by atoms with Crippen LogP contribution in [0.1, 0.15) is 38.5 Å². The Bertz CT molecular complexity index is 204. The van der Waals surface area contributed by atoms with Gasteiger partial charge in [0, 0.05) is 7.11 Å². The Morgan fingerprint density at radius 3 is 2.64 bits per heavy atom. The van der Waals surface area contributed by atoms with E-state index in [1.54, 1.807) is 0 Å². The van der Waals surface area contributed by atoms with Gasteiger partial charge in [0.1, 0.15) is 0 Å². The smallest absolute Gasteiger partial charge is 0.287 e. The Hall–Kier alpha value is 0.0800. The molecule has 1 aliphatic rings. The molecule has 1 aliphatic carbocycles. The van der Waals surface area contributed by atoms with E-state index in [4.69, 9.17) is 0 Å². The van der Waals surface area contributed by atoms with Crippen molar-refractivity contribution in [3.8, 4) is 0 Å². The molecule has 1 saturated carbocycles. The minimum Gasteiger partial charge on any atom is -0.287 e. The molecule has 1 unspecified atom stereocenters. The zero-order valence-electron chi connectivity index (χ0n) is 8.58. The summed E-state index contributed by atoms with van der Waals surface area (Å²) in [6, 6.07) is 0. The van der Waals surface area contributed by atoms with Gasteiger partial charge < -0.3 is 0 Å². The van der Waals surface area contributed by atoms with Crippen LogP contribution in [0.4, 0.5) is 4.20 Å². The average Bonchev–Trinajstić information content (AvgIpc) is 2.65. The minimum atomic E-state index is -4.23. The van der Waals surface area contributed by atoms with Crippen LogP contribution in [0.15, 0.2) is 0 Å². The summed E-state index contributed by atoms with van der Waals surface area (Å²) < 4.78 is 31.9. The predicted molar refractivity (Wildman–Crippen MR) is 52.9 cm³/mol. The molecule has 0 amide bonds. The highest BCUT2D eigenvalue weighted by molar-refractivity contribution is 7.48. The second-order valence-electron chi connectivity index (χ2n) is 3.74. The van der Waals surface area contributed by atoms with Crippen molar-refractivity contribution in [2.75, 3.05) is 13.7 Å². The SMILES string of the molecule is COP(=O)(F)OCCCC1CCCC1. The van der Waals surface area contributed by atoms with Crippen molar-refractivity contribution in [1.29, 1.82) is 0 Å². The summed E-state index contributed by atoms with van der Waals surface area (Å²) in [5.41, 5.74) is 0. The molecule has 0 radical (unpaired) electrons. The normalized spacial score (nSPS) is 22.4. The van der Waals surface area contributed by atoms with Gasteiger partial charge in [-0.05, 0) is 18.8 Å². The Labute approximate surface area is 84.6 Å². The third-order valence-electron chi connectivity index (χ3n) is 2.70. The van der Waals surface area contributed by atoms with Crippen LogP contribution in [0.25, 0.3) is 0 Å². The quantitative estimate of drug-likeness (QED) is 0.509. The lowest BCUT2D eigenvalue weighted by Crippen LogP contribution is -1.97. The standard InChI is InChI=1S/C9H18FO3P/c1-12-14(10,11)13-8-4-7-9-5-2-3-6-9/h9H,2-8H2,1H3. The lowest BCUT2D eigenvalue weighted by atomic mass is 10.0. The van der Waals surface area contributed by atoms with Crippen molar-refractivity contribution in [2.24, 2.45) is 5.92 Å². The maximum atomic E-state index is 12.6. The monoisotopic (exact) mass is 224 g/mol. The molecule has 0 spiro atoms. The molecule has 14 heavy (non-hydrogen) atoms. The molecule has 84 valence electrons. The highest BCUT2D eigenvalue weighted by Crippen LogP contribution is 2.48. The molecule has 3 nitrogen and oxygen atoms in total. The zero-order valence-corrected chi connectivity index (χ0v) is 9.47. The van der Waals surface area contributed by atoms with Crippen molar-refractivity contribution in [3.63, 3.8) is 0 Å². The summed E-state index contributed by atoms with van der Waals surface area (Å²) in [7, 11) is -3.18. The van der Waals surface area contributed by atoms with E-state index in [1.807, 2.05) is 0 Å². The van der Waals surface area contributed by atoms with Gasteiger partial charge in [0.15, 0.2) is 0 Å². The highest BCUT2D eigenvalue weighted by Gasteiger charge is 2.21. The molecule has 0 aromatic carbocycles. The fourth-order valence-corrected chi connectivity index (χ4v) is 2.35. The van der Waals surface area contributed by atoms with E-state index in [-0.39, 0.29) is 6.61 Å². The van der Waals surface area contributed by atoms with Gasteiger partial charge in [-0.2, -0.15) is 0 Å². The largest absolute Gasteiger partial charge is 0.512 e. The molecule has 0 bridgehead atoms. The Morgan fingerprint density at radius 2 is 2.07 bits per heavy atom. The van der Waals surface area contributed by atoms with E-state index in [2.05, 4.69) is 9.05 Å². The van der Waals surface area contributed by atoms with Gasteiger partial charge in [-0.25, -0.2) is 4.57 Å². The molecule has 1 rings (SSSR count). The second kappa shape index (κ2) is 5.84. The topological polar surface area (TPSA) is 35.5 Å². The first-order valence-corrected chi connectivity index (χ1v) is 6.57. The molecule has 1 atom stereocenters. The van der Waals surface area contributed by atoms with Gasteiger partial charge in [-0.15, -0.1) is 4.20 Å². The van der Waals surface area contributed by atoms with E-state index in [0.717, 1.165) is 25.9 Å². The second-order valence-corrected chi connectivity index (χ2v) is 5.22. The lowest BCUT2D eigenvalue weighted by Gasteiger charge is -2.09. The van der Waals surface area contributed by atoms with Crippen molar-refractivity contribution in [3.05, 3.63) is 0 Å². The molecule has 0 aromatic rings. The average molecular weight is 224 g/mol. The van der Waals surface area contributed by atoms with Crippen molar-refractivity contribution in [2.45, 2.75) is 38.5 Å². The van der Waals surface area contributed by atoms with Crippen LogP contribution in [0.2, 0.25) is 0 Å². The predicted octanol–water partition coefficient (Wildman–Crippen LogP) is 3.70. The molecular weight excluding hydrogens is 206 g/mol. The van der Waals surface area contributed by atoms with Crippen LogP contribution in [-0.2, 0) is 13.6 Å². The summed E-state index contributed by atoms with van der Waals surface area (Å²) >= 11 is 0. The summed E-state index contributed by atoms with van der Waals surface area (Å²) in [5.74, 6) is 0.764. The Balaban J connectivity index is 2.01. The van der Waals surface area contributed by atoms with E-state index >= 15 is 0 Å². The van der Waals surface area contributed by atoms with Crippen molar-refractivity contribution >= 4 is 7.91 Å². The fraction of sp³-hybridized carbons (Fsp3) is 1.00.